The number of aromatic amines is 1. The molecule has 5 heteroatoms. The average molecular weight is 275 g/mol. The average Bonchev–Trinajstić information content (AvgIpc) is 3.11. The third-order valence-corrected chi connectivity index (χ3v) is 3.56. The predicted molar refractivity (Wildman–Crippen MR) is 81.2 cm³/mol. The van der Waals surface area contributed by atoms with Gasteiger partial charge in [0.25, 0.3) is 0 Å². The molecule has 0 aliphatic heterocycles. The van der Waals surface area contributed by atoms with Gasteiger partial charge in [0, 0.05) is 34.6 Å². The lowest BCUT2D eigenvalue weighted by Crippen LogP contribution is -1.95. The Balaban J connectivity index is 1.87. The molecule has 0 unspecified atom stereocenters. The Morgan fingerprint density at radius 2 is 1.86 bits per heavy atom. The molecule has 0 aliphatic rings. The number of H-pyrrole nitrogens is 1. The van der Waals surface area contributed by atoms with Crippen LogP contribution in [0.5, 0.6) is 0 Å². The van der Waals surface area contributed by atoms with E-state index in [1.54, 1.807) is 12.4 Å². The van der Waals surface area contributed by atoms with Crippen LogP contribution >= 0.6 is 0 Å². The minimum atomic E-state index is 0.835. The summed E-state index contributed by atoms with van der Waals surface area (Å²) in [5.74, 6) is 0. The first-order chi connectivity index (χ1) is 10.3. The van der Waals surface area contributed by atoms with E-state index in [0.717, 1.165) is 33.5 Å². The van der Waals surface area contributed by atoms with E-state index in [2.05, 4.69) is 32.4 Å². The van der Waals surface area contributed by atoms with Crippen molar-refractivity contribution in [3.8, 4) is 16.9 Å². The van der Waals surface area contributed by atoms with Crippen LogP contribution in [0.4, 0.5) is 0 Å². The molecule has 0 spiro atoms. The molecule has 0 radical (unpaired) electrons. The third-order valence-electron chi connectivity index (χ3n) is 3.56. The lowest BCUT2D eigenvalue weighted by Gasteiger charge is -1.99. The lowest BCUT2D eigenvalue weighted by molar-refractivity contribution is 0.803. The molecule has 0 amide bonds. The van der Waals surface area contributed by atoms with Gasteiger partial charge >= 0.3 is 0 Å². The van der Waals surface area contributed by atoms with E-state index in [-0.39, 0.29) is 0 Å². The summed E-state index contributed by atoms with van der Waals surface area (Å²) in [4.78, 5) is 7.40. The van der Waals surface area contributed by atoms with E-state index in [1.807, 2.05) is 42.1 Å². The van der Waals surface area contributed by atoms with Gasteiger partial charge in [0.1, 0.15) is 5.69 Å². The Hall–Kier alpha value is -2.95. The fourth-order valence-corrected chi connectivity index (χ4v) is 2.59. The highest BCUT2D eigenvalue weighted by atomic mass is 15.4. The van der Waals surface area contributed by atoms with Crippen LogP contribution in [0.25, 0.3) is 27.8 Å². The third kappa shape index (κ3) is 1.90. The number of nitrogens with zero attached hydrogens (tertiary/aromatic N) is 4. The molecule has 0 saturated heterocycles. The Morgan fingerprint density at radius 3 is 2.71 bits per heavy atom. The summed E-state index contributed by atoms with van der Waals surface area (Å²) in [7, 11) is 0. The number of hydrogen-bond acceptors (Lipinski definition) is 3. The summed E-state index contributed by atoms with van der Waals surface area (Å²) < 4.78 is 1.82. The van der Waals surface area contributed by atoms with Crippen LogP contribution in [0.1, 0.15) is 5.69 Å². The molecular formula is C16H13N5. The second-order valence-electron chi connectivity index (χ2n) is 4.93. The van der Waals surface area contributed by atoms with Gasteiger partial charge in [0.2, 0.25) is 0 Å². The number of pyridine rings is 1. The Labute approximate surface area is 121 Å². The van der Waals surface area contributed by atoms with E-state index >= 15 is 0 Å². The van der Waals surface area contributed by atoms with Gasteiger partial charge in [-0.15, -0.1) is 5.10 Å². The second-order valence-corrected chi connectivity index (χ2v) is 4.93. The van der Waals surface area contributed by atoms with Crippen molar-refractivity contribution >= 4 is 10.9 Å². The molecule has 3 heterocycles. The molecule has 21 heavy (non-hydrogen) atoms. The Kier molecular flexibility index (Phi) is 2.57. The van der Waals surface area contributed by atoms with Crippen LogP contribution in [-0.2, 0) is 0 Å². The molecule has 0 fully saturated rings. The van der Waals surface area contributed by atoms with Gasteiger partial charge in [0.05, 0.1) is 11.9 Å². The highest BCUT2D eigenvalue weighted by molar-refractivity contribution is 5.89. The van der Waals surface area contributed by atoms with Gasteiger partial charge in [-0.1, -0.05) is 23.4 Å². The standard InChI is InChI=1S/C16H13N5/c1-11-16(13-4-2-3-5-14(13)18-11)21-10-15(19-20-21)12-6-8-17-9-7-12/h2-10,18H,1H3. The quantitative estimate of drug-likeness (QED) is 0.611. The van der Waals surface area contributed by atoms with Crippen LogP contribution < -0.4 is 0 Å². The molecule has 0 atom stereocenters. The molecule has 4 rings (SSSR count). The summed E-state index contributed by atoms with van der Waals surface area (Å²) in [5, 5.41) is 9.67. The molecule has 0 aliphatic carbocycles. The van der Waals surface area contributed by atoms with Crippen molar-refractivity contribution < 1.29 is 0 Å². The number of benzene rings is 1. The molecular weight excluding hydrogens is 262 g/mol. The van der Waals surface area contributed by atoms with Gasteiger partial charge in [-0.05, 0) is 25.1 Å². The molecule has 1 aromatic carbocycles. The topological polar surface area (TPSA) is 59.4 Å². The van der Waals surface area contributed by atoms with E-state index in [9.17, 15) is 0 Å². The number of aromatic nitrogens is 5. The molecule has 0 saturated carbocycles. The fraction of sp³-hybridized carbons (Fsp3) is 0.0625. The maximum Gasteiger partial charge on any atom is 0.113 e. The summed E-state index contributed by atoms with van der Waals surface area (Å²) in [6, 6.07) is 12.0. The highest BCUT2D eigenvalue weighted by Crippen LogP contribution is 2.26. The van der Waals surface area contributed by atoms with Crippen molar-refractivity contribution in [2.45, 2.75) is 6.92 Å². The zero-order chi connectivity index (χ0) is 14.2. The first-order valence-electron chi connectivity index (χ1n) is 6.73. The molecule has 3 aromatic heterocycles. The monoisotopic (exact) mass is 275 g/mol. The van der Waals surface area contributed by atoms with E-state index < -0.39 is 0 Å². The zero-order valence-corrected chi connectivity index (χ0v) is 11.5. The maximum absolute atomic E-state index is 4.27. The van der Waals surface area contributed by atoms with Gasteiger partial charge < -0.3 is 4.98 Å². The van der Waals surface area contributed by atoms with Gasteiger partial charge in [-0.25, -0.2) is 4.68 Å². The molecule has 0 bridgehead atoms. The maximum atomic E-state index is 4.27. The minimum Gasteiger partial charge on any atom is -0.357 e. The van der Waals surface area contributed by atoms with Crippen molar-refractivity contribution in [2.75, 3.05) is 0 Å². The largest absolute Gasteiger partial charge is 0.357 e. The zero-order valence-electron chi connectivity index (χ0n) is 11.5. The molecule has 4 aromatic rings. The van der Waals surface area contributed by atoms with Crippen molar-refractivity contribution in [3.05, 3.63) is 60.7 Å². The first kappa shape index (κ1) is 11.8. The van der Waals surface area contributed by atoms with Crippen molar-refractivity contribution in [3.63, 3.8) is 0 Å². The number of nitrogens with one attached hydrogen (secondary N) is 1. The van der Waals surface area contributed by atoms with Crippen molar-refractivity contribution in [1.82, 2.24) is 25.0 Å². The van der Waals surface area contributed by atoms with Crippen LogP contribution in [0, 0.1) is 6.92 Å². The van der Waals surface area contributed by atoms with Gasteiger partial charge in [-0.2, -0.15) is 0 Å². The predicted octanol–water partition coefficient (Wildman–Crippen LogP) is 3.12. The van der Waals surface area contributed by atoms with Crippen LogP contribution in [0.3, 0.4) is 0 Å². The van der Waals surface area contributed by atoms with E-state index in [0.29, 0.717) is 0 Å². The van der Waals surface area contributed by atoms with Crippen LogP contribution in [0.15, 0.2) is 55.0 Å². The smallest absolute Gasteiger partial charge is 0.113 e. The SMILES string of the molecule is Cc1[nH]c2ccccc2c1-n1cc(-c2ccncc2)nn1. The molecule has 5 nitrogen and oxygen atoms in total. The van der Waals surface area contributed by atoms with Crippen LogP contribution in [-0.4, -0.2) is 25.0 Å². The summed E-state index contributed by atoms with van der Waals surface area (Å²) in [5.41, 5.74) is 5.06. The van der Waals surface area contributed by atoms with E-state index in [4.69, 9.17) is 0 Å². The molecule has 1 N–H and O–H groups in total. The van der Waals surface area contributed by atoms with E-state index in [1.165, 1.54) is 0 Å². The van der Waals surface area contributed by atoms with Crippen LogP contribution in [0.2, 0.25) is 0 Å². The second kappa shape index (κ2) is 4.56. The number of aryl methyl sites for hydroxylation is 1. The molecule has 102 valence electrons. The Morgan fingerprint density at radius 1 is 1.05 bits per heavy atom. The van der Waals surface area contributed by atoms with Crippen molar-refractivity contribution in [1.29, 1.82) is 0 Å². The number of rotatable bonds is 2. The lowest BCUT2D eigenvalue weighted by atomic mass is 10.2. The number of hydrogen-bond donors (Lipinski definition) is 1. The summed E-state index contributed by atoms with van der Waals surface area (Å²) in [6.45, 7) is 2.04. The first-order valence-corrected chi connectivity index (χ1v) is 6.73. The minimum absolute atomic E-state index is 0.835. The number of fused-ring (bicyclic) bond motifs is 1. The van der Waals surface area contributed by atoms with Crippen molar-refractivity contribution in [2.24, 2.45) is 0 Å². The Bertz CT molecular complexity index is 905. The fourth-order valence-electron chi connectivity index (χ4n) is 2.59. The normalized spacial score (nSPS) is 11.1. The summed E-state index contributed by atoms with van der Waals surface area (Å²) >= 11 is 0. The highest BCUT2D eigenvalue weighted by Gasteiger charge is 2.12. The van der Waals surface area contributed by atoms with Gasteiger partial charge in [0.15, 0.2) is 0 Å². The van der Waals surface area contributed by atoms with Gasteiger partial charge in [-0.3, -0.25) is 4.98 Å². The number of para-hydroxylation sites is 1. The summed E-state index contributed by atoms with van der Waals surface area (Å²) in [6.07, 6.45) is 5.45.